The van der Waals surface area contributed by atoms with Crippen molar-refractivity contribution in [3.05, 3.63) is 17.4 Å². The Kier molecular flexibility index (Phi) is 4.00. The van der Waals surface area contributed by atoms with Crippen molar-refractivity contribution in [1.29, 1.82) is 0 Å². The molecule has 2 rings (SSSR count). The molecule has 0 saturated carbocycles. The Morgan fingerprint density at radius 3 is 3.20 bits per heavy atom. The molecule has 1 aromatic heterocycles. The van der Waals surface area contributed by atoms with E-state index in [2.05, 4.69) is 5.10 Å². The lowest BCUT2D eigenvalue weighted by Crippen LogP contribution is -2.24. The van der Waals surface area contributed by atoms with Gasteiger partial charge in [-0.25, -0.2) is 0 Å². The molecular formula is C10H15ClN2O2. The highest BCUT2D eigenvalue weighted by atomic mass is 35.5. The van der Waals surface area contributed by atoms with E-state index in [9.17, 15) is 0 Å². The van der Waals surface area contributed by atoms with Crippen LogP contribution in [-0.4, -0.2) is 29.3 Å². The summed E-state index contributed by atoms with van der Waals surface area (Å²) in [6, 6.07) is 0. The van der Waals surface area contributed by atoms with Gasteiger partial charge in [0, 0.05) is 12.8 Å². The predicted octanol–water partition coefficient (Wildman–Crippen LogP) is 2.08. The summed E-state index contributed by atoms with van der Waals surface area (Å²) in [6.07, 6.45) is 6.72. The maximum absolute atomic E-state index is 5.74. The molecule has 0 spiro atoms. The van der Waals surface area contributed by atoms with E-state index in [0.717, 1.165) is 19.4 Å². The van der Waals surface area contributed by atoms with Crippen molar-refractivity contribution in [2.45, 2.75) is 32.1 Å². The first kappa shape index (κ1) is 10.9. The average Bonchev–Trinajstić information content (AvgIpc) is 2.66. The van der Waals surface area contributed by atoms with E-state index in [1.807, 2.05) is 0 Å². The molecule has 1 atom stereocenters. The molecule has 84 valence electrons. The topological polar surface area (TPSA) is 36.3 Å². The molecule has 1 fully saturated rings. The molecule has 0 aliphatic carbocycles. The van der Waals surface area contributed by atoms with Crippen molar-refractivity contribution in [2.24, 2.45) is 0 Å². The highest BCUT2D eigenvalue weighted by molar-refractivity contribution is 6.30. The minimum Gasteiger partial charge on any atom is -0.353 e. The zero-order valence-electron chi connectivity index (χ0n) is 8.56. The number of aromatic nitrogens is 2. The molecule has 0 N–H and O–H groups in total. The van der Waals surface area contributed by atoms with Crippen LogP contribution in [0, 0.1) is 0 Å². The van der Waals surface area contributed by atoms with Gasteiger partial charge in [-0.15, -0.1) is 0 Å². The number of ether oxygens (including phenoxy) is 2. The second kappa shape index (κ2) is 5.49. The first-order valence-corrected chi connectivity index (χ1v) is 5.63. The molecule has 0 radical (unpaired) electrons. The molecule has 0 aromatic carbocycles. The molecule has 0 bridgehead atoms. The van der Waals surface area contributed by atoms with Gasteiger partial charge in [0.15, 0.2) is 6.29 Å². The van der Waals surface area contributed by atoms with Crippen LogP contribution < -0.4 is 0 Å². The van der Waals surface area contributed by atoms with Crippen LogP contribution >= 0.6 is 11.6 Å². The lowest BCUT2D eigenvalue weighted by atomic mass is 10.2. The first-order chi connectivity index (χ1) is 7.34. The van der Waals surface area contributed by atoms with E-state index in [4.69, 9.17) is 21.1 Å². The lowest BCUT2D eigenvalue weighted by molar-refractivity contribution is -0.163. The highest BCUT2D eigenvalue weighted by Gasteiger charge is 2.13. The number of hydrogen-bond donors (Lipinski definition) is 0. The van der Waals surface area contributed by atoms with Crippen molar-refractivity contribution in [3.63, 3.8) is 0 Å². The second-order valence-corrected chi connectivity index (χ2v) is 4.02. The van der Waals surface area contributed by atoms with Gasteiger partial charge in [-0.1, -0.05) is 11.6 Å². The van der Waals surface area contributed by atoms with Crippen molar-refractivity contribution < 1.29 is 9.47 Å². The van der Waals surface area contributed by atoms with Gasteiger partial charge in [-0.05, 0) is 19.3 Å². The van der Waals surface area contributed by atoms with Crippen LogP contribution in [0.3, 0.4) is 0 Å². The molecule has 0 unspecified atom stereocenters. The molecule has 1 aliphatic heterocycles. The average molecular weight is 231 g/mol. The molecule has 2 heterocycles. The van der Waals surface area contributed by atoms with Crippen LogP contribution in [0.2, 0.25) is 5.02 Å². The number of nitrogens with zero attached hydrogens (tertiary/aromatic N) is 2. The fraction of sp³-hybridized carbons (Fsp3) is 0.700. The maximum atomic E-state index is 5.74. The van der Waals surface area contributed by atoms with Crippen molar-refractivity contribution in [1.82, 2.24) is 9.78 Å². The summed E-state index contributed by atoms with van der Waals surface area (Å²) in [4.78, 5) is 0. The Hall–Kier alpha value is -0.580. The van der Waals surface area contributed by atoms with Gasteiger partial charge in [-0.2, -0.15) is 5.10 Å². The summed E-state index contributed by atoms with van der Waals surface area (Å²) < 4.78 is 12.8. The molecule has 1 aliphatic rings. The van der Waals surface area contributed by atoms with E-state index in [1.54, 1.807) is 17.1 Å². The Morgan fingerprint density at radius 1 is 1.60 bits per heavy atom. The molecule has 15 heavy (non-hydrogen) atoms. The van der Waals surface area contributed by atoms with Gasteiger partial charge in [0.25, 0.3) is 0 Å². The predicted molar refractivity (Wildman–Crippen MR) is 56.8 cm³/mol. The normalized spacial score (nSPS) is 21.8. The van der Waals surface area contributed by atoms with Crippen LogP contribution in [0.4, 0.5) is 0 Å². The maximum Gasteiger partial charge on any atom is 0.157 e. The third-order valence-corrected chi connectivity index (χ3v) is 2.56. The quantitative estimate of drug-likeness (QED) is 0.795. The molecule has 4 nitrogen and oxygen atoms in total. The van der Waals surface area contributed by atoms with Gasteiger partial charge in [0.1, 0.15) is 0 Å². The van der Waals surface area contributed by atoms with Gasteiger partial charge in [0.05, 0.1) is 24.4 Å². The van der Waals surface area contributed by atoms with Crippen LogP contribution in [0.25, 0.3) is 0 Å². The van der Waals surface area contributed by atoms with Crippen molar-refractivity contribution >= 4 is 11.6 Å². The smallest absolute Gasteiger partial charge is 0.157 e. The van der Waals surface area contributed by atoms with E-state index in [-0.39, 0.29) is 6.29 Å². The van der Waals surface area contributed by atoms with Crippen molar-refractivity contribution in [3.8, 4) is 0 Å². The summed E-state index contributed by atoms with van der Waals surface area (Å²) in [5.74, 6) is 0. The molecule has 1 saturated heterocycles. The Bertz CT molecular complexity index is 297. The lowest BCUT2D eigenvalue weighted by Gasteiger charge is -2.22. The number of hydrogen-bond acceptors (Lipinski definition) is 3. The van der Waals surface area contributed by atoms with Gasteiger partial charge in [0.2, 0.25) is 0 Å². The Labute approximate surface area is 94.1 Å². The summed E-state index contributed by atoms with van der Waals surface area (Å²) in [5.41, 5.74) is 0. The largest absolute Gasteiger partial charge is 0.353 e. The second-order valence-electron chi connectivity index (χ2n) is 3.59. The number of rotatable bonds is 4. The third kappa shape index (κ3) is 3.48. The van der Waals surface area contributed by atoms with Crippen LogP contribution in [0.1, 0.15) is 19.3 Å². The minimum atomic E-state index is -0.0233. The fourth-order valence-electron chi connectivity index (χ4n) is 1.58. The van der Waals surface area contributed by atoms with Crippen molar-refractivity contribution in [2.75, 3.05) is 13.2 Å². The summed E-state index contributed by atoms with van der Waals surface area (Å²) in [6.45, 7) is 2.15. The van der Waals surface area contributed by atoms with Gasteiger partial charge < -0.3 is 9.47 Å². The first-order valence-electron chi connectivity index (χ1n) is 5.26. The molecule has 5 heteroatoms. The van der Waals surface area contributed by atoms with Gasteiger partial charge >= 0.3 is 0 Å². The molecule has 1 aromatic rings. The molecule has 0 amide bonds. The van der Waals surface area contributed by atoms with Crippen LogP contribution in [0.5, 0.6) is 0 Å². The van der Waals surface area contributed by atoms with E-state index >= 15 is 0 Å². The monoisotopic (exact) mass is 230 g/mol. The van der Waals surface area contributed by atoms with E-state index in [1.165, 1.54) is 6.42 Å². The standard InChI is InChI=1S/C10H15ClN2O2/c11-9-7-12-13(8-9)4-6-15-10-3-1-2-5-14-10/h7-8,10H,1-6H2/t10-/m1/s1. The Balaban J connectivity index is 1.65. The summed E-state index contributed by atoms with van der Waals surface area (Å²) in [7, 11) is 0. The minimum absolute atomic E-state index is 0.0233. The van der Waals surface area contributed by atoms with E-state index < -0.39 is 0 Å². The van der Waals surface area contributed by atoms with Crippen LogP contribution in [-0.2, 0) is 16.0 Å². The zero-order chi connectivity index (χ0) is 10.5. The number of halogens is 1. The zero-order valence-corrected chi connectivity index (χ0v) is 9.32. The molecular weight excluding hydrogens is 216 g/mol. The van der Waals surface area contributed by atoms with E-state index in [0.29, 0.717) is 18.2 Å². The summed E-state index contributed by atoms with van der Waals surface area (Å²) >= 11 is 5.74. The summed E-state index contributed by atoms with van der Waals surface area (Å²) in [5, 5.41) is 4.72. The van der Waals surface area contributed by atoms with Gasteiger partial charge in [-0.3, -0.25) is 4.68 Å². The van der Waals surface area contributed by atoms with Crippen LogP contribution in [0.15, 0.2) is 12.4 Å². The highest BCUT2D eigenvalue weighted by Crippen LogP contribution is 2.13. The SMILES string of the molecule is Clc1cnn(CCO[C@@H]2CCCCO2)c1. The Morgan fingerprint density at radius 2 is 2.53 bits per heavy atom. The fourth-order valence-corrected chi connectivity index (χ4v) is 1.74. The third-order valence-electron chi connectivity index (χ3n) is 2.36.